The summed E-state index contributed by atoms with van der Waals surface area (Å²) < 4.78 is 0.943. The molecular formula is C15H17BrNO3-. The zero-order chi connectivity index (χ0) is 14.7. The molecule has 1 amide bonds. The number of carboxylic acids is 1. The Kier molecular flexibility index (Phi) is 4.81. The van der Waals surface area contributed by atoms with E-state index in [0.717, 1.165) is 28.6 Å². The molecule has 1 aromatic rings. The van der Waals surface area contributed by atoms with E-state index in [4.69, 9.17) is 0 Å². The summed E-state index contributed by atoms with van der Waals surface area (Å²) in [5, 5.41) is 14.0. The molecule has 0 bridgehead atoms. The number of nitrogens with one attached hydrogen (secondary N) is 1. The van der Waals surface area contributed by atoms with Gasteiger partial charge in [0.2, 0.25) is 5.91 Å². The summed E-state index contributed by atoms with van der Waals surface area (Å²) in [6.45, 7) is 1.90. The van der Waals surface area contributed by atoms with Crippen LogP contribution in [0.15, 0.2) is 22.7 Å². The molecule has 2 unspecified atom stereocenters. The van der Waals surface area contributed by atoms with Gasteiger partial charge < -0.3 is 15.2 Å². The van der Waals surface area contributed by atoms with Crippen LogP contribution in [0.25, 0.3) is 0 Å². The molecule has 1 aliphatic rings. The molecule has 2 atom stereocenters. The first kappa shape index (κ1) is 15.0. The number of halogens is 1. The first-order valence-corrected chi connectivity index (χ1v) is 7.56. The second-order valence-electron chi connectivity index (χ2n) is 5.26. The zero-order valence-corrected chi connectivity index (χ0v) is 12.9. The molecule has 4 nitrogen and oxygen atoms in total. The molecule has 108 valence electrons. The van der Waals surface area contributed by atoms with Gasteiger partial charge in [0.1, 0.15) is 0 Å². The van der Waals surface area contributed by atoms with Crippen LogP contribution in [-0.2, 0) is 9.59 Å². The van der Waals surface area contributed by atoms with Crippen molar-refractivity contribution in [2.45, 2.75) is 32.6 Å². The van der Waals surface area contributed by atoms with Crippen LogP contribution in [0, 0.1) is 18.8 Å². The molecule has 1 aromatic carbocycles. The van der Waals surface area contributed by atoms with E-state index in [1.54, 1.807) is 0 Å². The molecule has 1 N–H and O–H groups in total. The molecule has 0 saturated heterocycles. The molecule has 0 radical (unpaired) electrons. The quantitative estimate of drug-likeness (QED) is 0.918. The van der Waals surface area contributed by atoms with Crippen molar-refractivity contribution in [2.75, 3.05) is 5.32 Å². The summed E-state index contributed by atoms with van der Waals surface area (Å²) in [5.74, 6) is -2.49. The Morgan fingerprint density at radius 1 is 1.25 bits per heavy atom. The fraction of sp³-hybridized carbons (Fsp3) is 0.467. The summed E-state index contributed by atoms with van der Waals surface area (Å²) in [6, 6.07) is 5.57. The van der Waals surface area contributed by atoms with Gasteiger partial charge in [0.05, 0.1) is 0 Å². The lowest BCUT2D eigenvalue weighted by molar-refractivity contribution is -0.313. The lowest BCUT2D eigenvalue weighted by Crippen LogP contribution is -2.42. The van der Waals surface area contributed by atoms with Crippen LogP contribution in [0.3, 0.4) is 0 Å². The summed E-state index contributed by atoms with van der Waals surface area (Å²) in [4.78, 5) is 23.4. The minimum absolute atomic E-state index is 0.218. The van der Waals surface area contributed by atoms with E-state index in [2.05, 4.69) is 21.2 Å². The maximum Gasteiger partial charge on any atom is 0.228 e. The van der Waals surface area contributed by atoms with Gasteiger partial charge in [-0.1, -0.05) is 28.8 Å². The van der Waals surface area contributed by atoms with Crippen LogP contribution >= 0.6 is 15.9 Å². The number of carbonyl (C=O) groups excluding carboxylic acids is 2. The second kappa shape index (κ2) is 6.39. The predicted molar refractivity (Wildman–Crippen MR) is 78.0 cm³/mol. The summed E-state index contributed by atoms with van der Waals surface area (Å²) >= 11 is 3.37. The third kappa shape index (κ3) is 3.39. The normalized spacial score (nSPS) is 22.3. The molecule has 1 aliphatic carbocycles. The number of aryl methyl sites for hydroxylation is 1. The van der Waals surface area contributed by atoms with E-state index in [1.165, 1.54) is 0 Å². The van der Waals surface area contributed by atoms with Crippen molar-refractivity contribution in [3.05, 3.63) is 28.2 Å². The van der Waals surface area contributed by atoms with Crippen molar-refractivity contribution in [1.82, 2.24) is 0 Å². The lowest BCUT2D eigenvalue weighted by Gasteiger charge is -2.31. The highest BCUT2D eigenvalue weighted by atomic mass is 79.9. The molecule has 0 aliphatic heterocycles. The molecular weight excluding hydrogens is 322 g/mol. The van der Waals surface area contributed by atoms with E-state index < -0.39 is 17.8 Å². The van der Waals surface area contributed by atoms with E-state index in [-0.39, 0.29) is 5.91 Å². The largest absolute Gasteiger partial charge is 0.550 e. The van der Waals surface area contributed by atoms with Crippen LogP contribution in [0.4, 0.5) is 5.69 Å². The van der Waals surface area contributed by atoms with Crippen LogP contribution < -0.4 is 10.4 Å². The second-order valence-corrected chi connectivity index (χ2v) is 6.18. The van der Waals surface area contributed by atoms with Crippen LogP contribution in [0.2, 0.25) is 0 Å². The van der Waals surface area contributed by atoms with Gasteiger partial charge >= 0.3 is 0 Å². The van der Waals surface area contributed by atoms with Gasteiger partial charge in [-0.2, -0.15) is 0 Å². The van der Waals surface area contributed by atoms with E-state index in [9.17, 15) is 14.7 Å². The molecule has 0 spiro atoms. The molecule has 20 heavy (non-hydrogen) atoms. The Balaban J connectivity index is 2.12. The van der Waals surface area contributed by atoms with Crippen molar-refractivity contribution in [1.29, 1.82) is 0 Å². The highest BCUT2D eigenvalue weighted by molar-refractivity contribution is 9.10. The van der Waals surface area contributed by atoms with Gasteiger partial charge in [-0.15, -0.1) is 0 Å². The Hall–Kier alpha value is -1.36. The van der Waals surface area contributed by atoms with Gasteiger partial charge in [0, 0.05) is 28.0 Å². The van der Waals surface area contributed by atoms with E-state index >= 15 is 0 Å². The summed E-state index contributed by atoms with van der Waals surface area (Å²) in [7, 11) is 0. The van der Waals surface area contributed by atoms with Gasteiger partial charge in [-0.3, -0.25) is 4.79 Å². The average Bonchev–Trinajstić information content (AvgIpc) is 2.41. The topological polar surface area (TPSA) is 69.2 Å². The number of rotatable bonds is 3. The van der Waals surface area contributed by atoms with E-state index in [1.807, 2.05) is 25.1 Å². The minimum atomic E-state index is -1.11. The Labute approximate surface area is 126 Å². The summed E-state index contributed by atoms with van der Waals surface area (Å²) in [6.07, 6.45) is 2.88. The number of anilines is 1. The number of hydrogen-bond donors (Lipinski definition) is 1. The number of carboxylic acid groups (broad SMARTS) is 1. The number of carbonyl (C=O) groups is 2. The Morgan fingerprint density at radius 2 is 1.90 bits per heavy atom. The number of benzene rings is 1. The Morgan fingerprint density at radius 3 is 2.50 bits per heavy atom. The summed E-state index contributed by atoms with van der Waals surface area (Å²) in [5.41, 5.74) is 1.66. The monoisotopic (exact) mass is 338 g/mol. The molecule has 0 aromatic heterocycles. The highest BCUT2D eigenvalue weighted by Gasteiger charge is 2.31. The van der Waals surface area contributed by atoms with Gasteiger partial charge in [-0.05, 0) is 43.5 Å². The molecule has 2 rings (SSSR count). The third-order valence-corrected chi connectivity index (χ3v) is 4.35. The van der Waals surface area contributed by atoms with Gasteiger partial charge in [0.25, 0.3) is 0 Å². The maximum atomic E-state index is 12.3. The van der Waals surface area contributed by atoms with Gasteiger partial charge in [0.15, 0.2) is 0 Å². The van der Waals surface area contributed by atoms with Crippen molar-refractivity contribution < 1.29 is 14.7 Å². The fourth-order valence-electron chi connectivity index (χ4n) is 2.72. The average molecular weight is 339 g/mol. The van der Waals surface area contributed by atoms with Crippen molar-refractivity contribution >= 4 is 33.5 Å². The van der Waals surface area contributed by atoms with E-state index in [0.29, 0.717) is 12.8 Å². The number of aliphatic carboxylic acids is 1. The molecule has 1 fully saturated rings. The SMILES string of the molecule is Cc1cc(Br)ccc1NC(=O)C1CCCCC1C(=O)[O-]. The van der Waals surface area contributed by atoms with Crippen LogP contribution in [0.5, 0.6) is 0 Å². The minimum Gasteiger partial charge on any atom is -0.550 e. The lowest BCUT2D eigenvalue weighted by atomic mass is 9.78. The van der Waals surface area contributed by atoms with Crippen molar-refractivity contribution in [3.63, 3.8) is 0 Å². The zero-order valence-electron chi connectivity index (χ0n) is 11.3. The fourth-order valence-corrected chi connectivity index (χ4v) is 3.20. The highest BCUT2D eigenvalue weighted by Crippen LogP contribution is 2.31. The molecule has 0 heterocycles. The van der Waals surface area contributed by atoms with Crippen molar-refractivity contribution in [3.8, 4) is 0 Å². The first-order valence-electron chi connectivity index (χ1n) is 6.77. The number of amides is 1. The maximum absolute atomic E-state index is 12.3. The standard InChI is InChI=1S/C15H18BrNO3/c1-9-8-10(16)6-7-13(9)17-14(18)11-4-2-3-5-12(11)15(19)20/h6-8,11-12H,2-5H2,1H3,(H,17,18)(H,19,20)/p-1. The first-order chi connectivity index (χ1) is 9.49. The Bertz CT molecular complexity index is 530. The smallest absolute Gasteiger partial charge is 0.228 e. The third-order valence-electron chi connectivity index (χ3n) is 3.85. The molecule has 5 heteroatoms. The van der Waals surface area contributed by atoms with Gasteiger partial charge in [-0.25, -0.2) is 0 Å². The number of hydrogen-bond acceptors (Lipinski definition) is 3. The van der Waals surface area contributed by atoms with Crippen LogP contribution in [-0.4, -0.2) is 11.9 Å². The van der Waals surface area contributed by atoms with Crippen molar-refractivity contribution in [2.24, 2.45) is 11.8 Å². The predicted octanol–water partition coefficient (Wildman–Crippen LogP) is 2.25. The van der Waals surface area contributed by atoms with Crippen LogP contribution in [0.1, 0.15) is 31.2 Å². The molecule has 1 saturated carbocycles.